The lowest BCUT2D eigenvalue weighted by Gasteiger charge is -2.36. The van der Waals surface area contributed by atoms with Gasteiger partial charge in [-0.2, -0.15) is 0 Å². The molecule has 0 N–H and O–H groups in total. The van der Waals surface area contributed by atoms with E-state index >= 15 is 0 Å². The van der Waals surface area contributed by atoms with Crippen molar-refractivity contribution in [2.24, 2.45) is 0 Å². The Kier molecular flexibility index (Phi) is 7.04. The van der Waals surface area contributed by atoms with E-state index in [4.69, 9.17) is 13.9 Å². The molecular formula is C28H29N3O5. The Morgan fingerprint density at radius 1 is 0.889 bits per heavy atom. The highest BCUT2D eigenvalue weighted by molar-refractivity contribution is 5.87. The summed E-state index contributed by atoms with van der Waals surface area (Å²) in [7, 11) is 0. The monoisotopic (exact) mass is 487 g/mol. The number of piperazine rings is 1. The number of fused-ring (bicyclic) bond motifs is 1. The molecule has 0 unspecified atom stereocenters. The van der Waals surface area contributed by atoms with E-state index in [9.17, 15) is 9.59 Å². The van der Waals surface area contributed by atoms with Crippen LogP contribution in [0.5, 0.6) is 0 Å². The van der Waals surface area contributed by atoms with Gasteiger partial charge in [-0.05, 0) is 41.8 Å². The molecule has 1 aliphatic rings. The minimum absolute atomic E-state index is 0.203. The largest absolute Gasteiger partial charge is 0.510 e. The Bertz CT molecular complexity index is 1390. The van der Waals surface area contributed by atoms with Crippen molar-refractivity contribution in [1.82, 2.24) is 9.47 Å². The van der Waals surface area contributed by atoms with Gasteiger partial charge in [-0.3, -0.25) is 4.90 Å². The number of carbonyl (C=O) groups is 1. The van der Waals surface area contributed by atoms with Crippen LogP contribution in [0.2, 0.25) is 0 Å². The van der Waals surface area contributed by atoms with Crippen LogP contribution in [0.15, 0.2) is 82.0 Å². The minimum Gasteiger partial charge on any atom is -0.435 e. The van der Waals surface area contributed by atoms with Gasteiger partial charge in [0.15, 0.2) is 12.3 Å². The molecule has 0 radical (unpaired) electrons. The van der Waals surface area contributed by atoms with Gasteiger partial charge in [0, 0.05) is 32.7 Å². The standard InChI is InChI=1S/C28H29N3O5/c1-2-34-28(33)35-20-31-25-13-7-12-24(26(25)36-27(31)32)30-16-14-29(15-17-30)19-21-8-6-11-23(18-21)22-9-4-3-5-10-22/h3-13,18H,2,14-17,19-20H2,1H3. The summed E-state index contributed by atoms with van der Waals surface area (Å²) in [4.78, 5) is 28.7. The van der Waals surface area contributed by atoms with Crippen LogP contribution < -0.4 is 10.7 Å². The van der Waals surface area contributed by atoms with Gasteiger partial charge in [-0.1, -0.05) is 54.6 Å². The van der Waals surface area contributed by atoms with Crippen molar-refractivity contribution >= 4 is 22.9 Å². The molecule has 0 atom stereocenters. The van der Waals surface area contributed by atoms with Gasteiger partial charge < -0.3 is 18.8 Å². The molecule has 3 aromatic carbocycles. The van der Waals surface area contributed by atoms with E-state index in [0.29, 0.717) is 11.1 Å². The van der Waals surface area contributed by atoms with Crippen molar-refractivity contribution in [1.29, 1.82) is 0 Å². The molecule has 2 heterocycles. The summed E-state index contributed by atoms with van der Waals surface area (Å²) in [5.74, 6) is -0.571. The van der Waals surface area contributed by atoms with Crippen LogP contribution in [-0.4, -0.2) is 48.4 Å². The SMILES string of the molecule is CCOC(=O)OCn1c(=O)oc2c(N3CCN(Cc4cccc(-c5ccccc5)c4)CC3)cccc21. The highest BCUT2D eigenvalue weighted by Gasteiger charge is 2.22. The molecule has 0 amide bonds. The molecule has 1 aliphatic heterocycles. The van der Waals surface area contributed by atoms with Gasteiger partial charge in [0.1, 0.15) is 0 Å². The van der Waals surface area contributed by atoms with Crippen molar-refractivity contribution in [2.45, 2.75) is 20.2 Å². The summed E-state index contributed by atoms with van der Waals surface area (Å²) in [6.07, 6.45) is -0.819. The summed E-state index contributed by atoms with van der Waals surface area (Å²) in [5.41, 5.74) is 5.69. The second-order valence-corrected chi connectivity index (χ2v) is 8.71. The number of benzene rings is 3. The predicted molar refractivity (Wildman–Crippen MR) is 138 cm³/mol. The molecule has 36 heavy (non-hydrogen) atoms. The average Bonchev–Trinajstić information content (AvgIpc) is 3.24. The van der Waals surface area contributed by atoms with Crippen LogP contribution in [0.3, 0.4) is 0 Å². The molecule has 0 aliphatic carbocycles. The Morgan fingerprint density at radius 2 is 1.64 bits per heavy atom. The van der Waals surface area contributed by atoms with E-state index in [1.54, 1.807) is 13.0 Å². The fraction of sp³-hybridized carbons (Fsp3) is 0.286. The fourth-order valence-electron chi connectivity index (χ4n) is 4.60. The lowest BCUT2D eigenvalue weighted by atomic mass is 10.0. The normalized spacial score (nSPS) is 14.2. The smallest absolute Gasteiger partial charge is 0.435 e. The van der Waals surface area contributed by atoms with Crippen LogP contribution in [-0.2, 0) is 22.7 Å². The van der Waals surface area contributed by atoms with E-state index in [2.05, 4.69) is 58.3 Å². The Labute approximate surface area is 209 Å². The molecule has 0 bridgehead atoms. The lowest BCUT2D eigenvalue weighted by molar-refractivity contribution is 0.0363. The highest BCUT2D eigenvalue weighted by atomic mass is 16.7. The lowest BCUT2D eigenvalue weighted by Crippen LogP contribution is -2.46. The summed E-state index contributed by atoms with van der Waals surface area (Å²) in [5, 5.41) is 0. The molecule has 8 nitrogen and oxygen atoms in total. The van der Waals surface area contributed by atoms with Crippen LogP contribution in [0.1, 0.15) is 12.5 Å². The third-order valence-corrected chi connectivity index (χ3v) is 6.40. The van der Waals surface area contributed by atoms with Crippen molar-refractivity contribution < 1.29 is 18.7 Å². The number of aromatic nitrogens is 1. The molecule has 1 fully saturated rings. The second-order valence-electron chi connectivity index (χ2n) is 8.71. The number of carbonyl (C=O) groups excluding carboxylic acids is 1. The van der Waals surface area contributed by atoms with Crippen LogP contribution in [0, 0.1) is 0 Å². The van der Waals surface area contributed by atoms with Crippen molar-refractivity contribution in [3.8, 4) is 11.1 Å². The van der Waals surface area contributed by atoms with E-state index in [-0.39, 0.29) is 13.3 Å². The van der Waals surface area contributed by atoms with Gasteiger partial charge in [0.05, 0.1) is 17.8 Å². The molecule has 4 aromatic rings. The third-order valence-electron chi connectivity index (χ3n) is 6.40. The molecular weight excluding hydrogens is 458 g/mol. The van der Waals surface area contributed by atoms with E-state index in [1.807, 2.05) is 18.2 Å². The first kappa shape index (κ1) is 23.7. The third kappa shape index (κ3) is 5.13. The maximum atomic E-state index is 12.5. The van der Waals surface area contributed by atoms with Crippen LogP contribution >= 0.6 is 0 Å². The molecule has 0 spiro atoms. The van der Waals surface area contributed by atoms with E-state index < -0.39 is 11.9 Å². The number of para-hydroxylation sites is 1. The topological polar surface area (TPSA) is 77.1 Å². The number of oxazole rings is 1. The zero-order chi connectivity index (χ0) is 24.9. The second kappa shape index (κ2) is 10.7. The molecule has 8 heteroatoms. The van der Waals surface area contributed by atoms with Crippen LogP contribution in [0.4, 0.5) is 10.5 Å². The number of rotatable bonds is 7. The van der Waals surface area contributed by atoms with Gasteiger partial charge in [-0.25, -0.2) is 14.2 Å². The Balaban J connectivity index is 1.25. The van der Waals surface area contributed by atoms with Gasteiger partial charge in [-0.15, -0.1) is 0 Å². The predicted octanol–water partition coefficient (Wildman–Crippen LogP) is 4.71. The fourth-order valence-corrected chi connectivity index (χ4v) is 4.60. The average molecular weight is 488 g/mol. The molecule has 1 saturated heterocycles. The summed E-state index contributed by atoms with van der Waals surface area (Å²) >= 11 is 0. The maximum absolute atomic E-state index is 12.5. The quantitative estimate of drug-likeness (QED) is 0.349. The number of hydrogen-bond donors (Lipinski definition) is 0. The summed E-state index contributed by atoms with van der Waals surface area (Å²) < 4.78 is 16.7. The van der Waals surface area contributed by atoms with Gasteiger partial charge in [0.25, 0.3) is 0 Å². The number of anilines is 1. The van der Waals surface area contributed by atoms with Gasteiger partial charge in [0.2, 0.25) is 0 Å². The van der Waals surface area contributed by atoms with Crippen molar-refractivity contribution in [3.63, 3.8) is 0 Å². The Morgan fingerprint density at radius 3 is 2.42 bits per heavy atom. The number of nitrogens with zero attached hydrogens (tertiary/aromatic N) is 3. The first-order chi connectivity index (χ1) is 17.6. The zero-order valence-electron chi connectivity index (χ0n) is 20.3. The van der Waals surface area contributed by atoms with E-state index in [0.717, 1.165) is 38.4 Å². The van der Waals surface area contributed by atoms with Crippen molar-refractivity contribution in [2.75, 3.05) is 37.7 Å². The molecule has 5 rings (SSSR count). The molecule has 1 aromatic heterocycles. The van der Waals surface area contributed by atoms with Crippen molar-refractivity contribution in [3.05, 3.63) is 88.9 Å². The minimum atomic E-state index is -0.819. The van der Waals surface area contributed by atoms with E-state index in [1.165, 1.54) is 21.3 Å². The first-order valence-electron chi connectivity index (χ1n) is 12.2. The number of hydrogen-bond acceptors (Lipinski definition) is 7. The summed E-state index contributed by atoms with van der Waals surface area (Å²) in [6, 6.07) is 24.8. The molecule has 0 saturated carbocycles. The first-order valence-corrected chi connectivity index (χ1v) is 12.2. The summed E-state index contributed by atoms with van der Waals surface area (Å²) in [6.45, 7) is 5.92. The van der Waals surface area contributed by atoms with Crippen LogP contribution in [0.25, 0.3) is 22.2 Å². The Hall–Kier alpha value is -4.04. The zero-order valence-corrected chi connectivity index (χ0v) is 20.3. The molecule has 186 valence electrons. The number of ether oxygens (including phenoxy) is 2. The highest BCUT2D eigenvalue weighted by Crippen LogP contribution is 2.28. The maximum Gasteiger partial charge on any atom is 0.510 e. The van der Waals surface area contributed by atoms with Gasteiger partial charge >= 0.3 is 11.9 Å².